The molecule has 0 spiro atoms. The van der Waals surface area contributed by atoms with Crippen molar-refractivity contribution in [3.8, 4) is 11.1 Å². The van der Waals surface area contributed by atoms with Gasteiger partial charge in [0.15, 0.2) is 5.13 Å². The van der Waals surface area contributed by atoms with Crippen molar-refractivity contribution in [3.63, 3.8) is 0 Å². The van der Waals surface area contributed by atoms with Crippen LogP contribution in [-0.4, -0.2) is 22.0 Å². The summed E-state index contributed by atoms with van der Waals surface area (Å²) in [6, 6.07) is 10.2. The molecule has 1 amide bonds. The third kappa shape index (κ3) is 3.59. The van der Waals surface area contributed by atoms with Crippen LogP contribution in [-0.2, 0) is 4.79 Å². The Morgan fingerprint density at radius 1 is 1.21 bits per heavy atom. The number of hydrogen-bond donors (Lipinski definition) is 1. The molecule has 0 saturated heterocycles. The van der Waals surface area contributed by atoms with E-state index in [-0.39, 0.29) is 30.7 Å². The minimum atomic E-state index is -1.00. The zero-order valence-corrected chi connectivity index (χ0v) is 17.9. The lowest BCUT2D eigenvalue weighted by Crippen LogP contribution is -2.14. The number of nitrogens with zero attached hydrogens (tertiary/aromatic N) is 2. The van der Waals surface area contributed by atoms with E-state index in [0.717, 1.165) is 21.3 Å². The first-order valence-corrected chi connectivity index (χ1v) is 9.98. The first-order chi connectivity index (χ1) is 12.6. The molecule has 146 valence electrons. The summed E-state index contributed by atoms with van der Waals surface area (Å²) in [7, 11) is 0. The van der Waals surface area contributed by atoms with Gasteiger partial charge in [-0.15, -0.1) is 36.2 Å². The molecule has 1 N–H and O–H groups in total. The average molecular weight is 456 g/mol. The Balaban J connectivity index is 0.00000112. The van der Waals surface area contributed by atoms with Crippen LogP contribution < -0.4 is 5.32 Å². The highest BCUT2D eigenvalue weighted by atomic mass is 35.5. The zero-order valence-electron chi connectivity index (χ0n) is 14.6. The molecular weight excluding hydrogens is 440 g/mol. The normalized spacial score (nSPS) is 17.8. The fourth-order valence-corrected chi connectivity index (χ4v) is 4.97. The van der Waals surface area contributed by atoms with Crippen molar-refractivity contribution < 1.29 is 9.18 Å². The zero-order chi connectivity index (χ0) is 17.8. The summed E-state index contributed by atoms with van der Waals surface area (Å²) in [6.45, 7) is 2.10. The molecule has 1 aliphatic rings. The second-order valence-corrected chi connectivity index (χ2v) is 8.39. The third-order valence-corrected chi connectivity index (χ3v) is 6.46. The number of benzene rings is 2. The van der Waals surface area contributed by atoms with E-state index in [9.17, 15) is 9.18 Å². The van der Waals surface area contributed by atoms with E-state index >= 15 is 0 Å². The van der Waals surface area contributed by atoms with Crippen LogP contribution in [0.4, 0.5) is 9.52 Å². The maximum Gasteiger partial charge on any atom is 0.232 e. The lowest BCUT2D eigenvalue weighted by molar-refractivity contribution is -0.117. The van der Waals surface area contributed by atoms with Gasteiger partial charge in [-0.1, -0.05) is 23.5 Å². The largest absolute Gasteiger partial charge is 0.302 e. The van der Waals surface area contributed by atoms with Gasteiger partial charge in [-0.05, 0) is 42.7 Å². The highest BCUT2D eigenvalue weighted by Gasteiger charge is 2.43. The van der Waals surface area contributed by atoms with Crippen molar-refractivity contribution in [1.82, 2.24) is 9.97 Å². The summed E-state index contributed by atoms with van der Waals surface area (Å²) in [5.41, 5.74) is 7.18. The molecular formula is C19H16Cl2FN3OS2. The number of aromatic nitrogens is 2. The molecule has 1 aliphatic carbocycles. The highest BCUT2D eigenvalue weighted by molar-refractivity contribution is 7.22. The Hall–Kier alpha value is -1.80. The molecule has 1 saturated carbocycles. The van der Waals surface area contributed by atoms with Crippen molar-refractivity contribution in [3.05, 3.63) is 41.4 Å². The Morgan fingerprint density at radius 2 is 1.96 bits per heavy atom. The Kier molecular flexibility index (Phi) is 5.91. The number of carbonyl (C=O) groups is 1. The standard InChI is InChI=1S/C19H14FN3OS2.2ClH/c1-9-2-4-14-17(25-8-21-14)16(9)10-3-5-13-15(6-10)26-19(22-13)23-18(24)11-7-12(11)20;;/h2-6,8,11-12H,7H2,1H3,(H,22,23,24);2*1H/t11-,12+;;/m1../s1. The predicted octanol–water partition coefficient (Wildman–Crippen LogP) is 6.02. The molecule has 2 aromatic carbocycles. The van der Waals surface area contributed by atoms with Gasteiger partial charge >= 0.3 is 0 Å². The fraction of sp³-hybridized carbons (Fsp3) is 0.211. The van der Waals surface area contributed by atoms with Crippen molar-refractivity contribution in [2.75, 3.05) is 5.32 Å². The number of fused-ring (bicyclic) bond motifs is 2. The maximum atomic E-state index is 13.0. The minimum absolute atomic E-state index is 0. The summed E-state index contributed by atoms with van der Waals surface area (Å²) in [4.78, 5) is 20.8. The van der Waals surface area contributed by atoms with Crippen LogP contribution in [0.25, 0.3) is 31.6 Å². The quantitative estimate of drug-likeness (QED) is 0.410. The van der Waals surface area contributed by atoms with Crippen molar-refractivity contribution in [1.29, 1.82) is 0 Å². The van der Waals surface area contributed by atoms with E-state index in [1.54, 1.807) is 11.3 Å². The topological polar surface area (TPSA) is 54.9 Å². The molecule has 2 heterocycles. The average Bonchev–Trinajstić information content (AvgIpc) is 3.02. The van der Waals surface area contributed by atoms with Crippen LogP contribution in [0.5, 0.6) is 0 Å². The Labute approximate surface area is 181 Å². The van der Waals surface area contributed by atoms with Crippen LogP contribution in [0, 0.1) is 12.8 Å². The Bertz CT molecular complexity index is 1180. The number of amides is 1. The number of nitrogens with one attached hydrogen (secondary N) is 1. The lowest BCUT2D eigenvalue weighted by atomic mass is 10.00. The molecule has 4 aromatic rings. The first kappa shape index (κ1) is 20.9. The number of thiazole rings is 2. The summed E-state index contributed by atoms with van der Waals surface area (Å²) in [5.74, 6) is -0.786. The monoisotopic (exact) mass is 455 g/mol. The molecule has 0 unspecified atom stereocenters. The van der Waals surface area contributed by atoms with Gasteiger partial charge in [-0.25, -0.2) is 14.4 Å². The van der Waals surface area contributed by atoms with E-state index in [2.05, 4.69) is 34.3 Å². The van der Waals surface area contributed by atoms with Crippen LogP contribution in [0.1, 0.15) is 12.0 Å². The fourth-order valence-electron chi connectivity index (χ4n) is 3.15. The number of aryl methyl sites for hydroxylation is 1. The summed E-state index contributed by atoms with van der Waals surface area (Å²) in [5, 5.41) is 3.26. The van der Waals surface area contributed by atoms with Crippen LogP contribution in [0.2, 0.25) is 0 Å². The number of halogens is 3. The smallest absolute Gasteiger partial charge is 0.232 e. The van der Waals surface area contributed by atoms with Gasteiger partial charge in [0.2, 0.25) is 5.91 Å². The van der Waals surface area contributed by atoms with Gasteiger partial charge in [0.05, 0.1) is 31.9 Å². The second-order valence-electron chi connectivity index (χ2n) is 6.51. The second kappa shape index (κ2) is 7.91. The van der Waals surface area contributed by atoms with Crippen molar-refractivity contribution in [2.24, 2.45) is 5.92 Å². The van der Waals surface area contributed by atoms with E-state index in [4.69, 9.17) is 0 Å². The van der Waals surface area contributed by atoms with Gasteiger partial charge in [0.1, 0.15) is 6.17 Å². The van der Waals surface area contributed by atoms with Gasteiger partial charge in [0, 0.05) is 5.56 Å². The van der Waals surface area contributed by atoms with Crippen LogP contribution in [0.3, 0.4) is 0 Å². The van der Waals surface area contributed by atoms with Gasteiger partial charge in [0.25, 0.3) is 0 Å². The van der Waals surface area contributed by atoms with Gasteiger partial charge in [-0.3, -0.25) is 4.79 Å². The number of alkyl halides is 1. The van der Waals surface area contributed by atoms with Crippen molar-refractivity contribution in [2.45, 2.75) is 19.5 Å². The summed E-state index contributed by atoms with van der Waals surface area (Å²) < 4.78 is 15.2. The Morgan fingerprint density at radius 3 is 2.71 bits per heavy atom. The van der Waals surface area contributed by atoms with E-state index in [1.807, 2.05) is 23.7 Å². The van der Waals surface area contributed by atoms with E-state index < -0.39 is 12.1 Å². The molecule has 2 aromatic heterocycles. The lowest BCUT2D eigenvalue weighted by Gasteiger charge is -2.07. The number of anilines is 1. The number of carbonyl (C=O) groups excluding carboxylic acids is 1. The summed E-state index contributed by atoms with van der Waals surface area (Å²) in [6.07, 6.45) is -0.683. The van der Waals surface area contributed by atoms with Gasteiger partial charge < -0.3 is 5.32 Å². The van der Waals surface area contributed by atoms with Crippen LogP contribution in [0.15, 0.2) is 35.8 Å². The van der Waals surface area contributed by atoms with E-state index in [0.29, 0.717) is 11.6 Å². The van der Waals surface area contributed by atoms with E-state index in [1.165, 1.54) is 27.2 Å². The molecule has 28 heavy (non-hydrogen) atoms. The van der Waals surface area contributed by atoms with Gasteiger partial charge in [-0.2, -0.15) is 0 Å². The number of hydrogen-bond acceptors (Lipinski definition) is 5. The molecule has 0 radical (unpaired) electrons. The minimum Gasteiger partial charge on any atom is -0.302 e. The van der Waals surface area contributed by atoms with Crippen LogP contribution >= 0.6 is 47.5 Å². The molecule has 0 bridgehead atoms. The predicted molar refractivity (Wildman–Crippen MR) is 119 cm³/mol. The molecule has 4 nitrogen and oxygen atoms in total. The SMILES string of the molecule is Cc1ccc2ncsc2c1-c1ccc2nc(NC(=O)[C@@H]3C[C@@H]3F)sc2c1.Cl.Cl. The molecule has 9 heteroatoms. The molecule has 5 rings (SSSR count). The molecule has 2 atom stereocenters. The summed E-state index contributed by atoms with van der Waals surface area (Å²) >= 11 is 3.05. The first-order valence-electron chi connectivity index (χ1n) is 8.29. The number of rotatable bonds is 3. The van der Waals surface area contributed by atoms with Crippen molar-refractivity contribution >= 4 is 79.0 Å². The maximum absolute atomic E-state index is 13.0. The molecule has 0 aliphatic heterocycles. The highest BCUT2D eigenvalue weighted by Crippen LogP contribution is 2.38. The molecule has 1 fully saturated rings. The third-order valence-electron chi connectivity index (χ3n) is 4.66.